The molecular formula is C14H17NOS. The third kappa shape index (κ3) is 2.73. The van der Waals surface area contributed by atoms with E-state index in [1.54, 1.807) is 17.5 Å². The van der Waals surface area contributed by atoms with Crippen molar-refractivity contribution in [1.29, 1.82) is 0 Å². The molecule has 0 aliphatic rings. The molecule has 2 nitrogen and oxygen atoms in total. The lowest BCUT2D eigenvalue weighted by Crippen LogP contribution is -2.35. The van der Waals surface area contributed by atoms with Crippen molar-refractivity contribution in [3.05, 3.63) is 52.5 Å². The van der Waals surface area contributed by atoms with Crippen molar-refractivity contribution in [2.45, 2.75) is 31.8 Å². The molecule has 1 unspecified atom stereocenters. The van der Waals surface area contributed by atoms with Gasteiger partial charge in [0, 0.05) is 23.4 Å². The highest BCUT2D eigenvalue weighted by Crippen LogP contribution is 2.29. The number of rotatable bonds is 4. The zero-order valence-corrected chi connectivity index (χ0v) is 10.9. The first kappa shape index (κ1) is 12.3. The SMILES string of the molecule is CC(C)(c1ccccc1)C(O)Cc1nccs1. The van der Waals surface area contributed by atoms with E-state index in [-0.39, 0.29) is 5.41 Å². The van der Waals surface area contributed by atoms with E-state index in [0.717, 1.165) is 10.6 Å². The van der Waals surface area contributed by atoms with Crippen molar-refractivity contribution < 1.29 is 5.11 Å². The molecule has 0 spiro atoms. The fraction of sp³-hybridized carbons (Fsp3) is 0.357. The minimum absolute atomic E-state index is 0.257. The predicted molar refractivity (Wildman–Crippen MR) is 71.3 cm³/mol. The molecule has 2 aromatic rings. The Hall–Kier alpha value is -1.19. The Morgan fingerprint density at radius 1 is 1.29 bits per heavy atom. The van der Waals surface area contributed by atoms with Crippen molar-refractivity contribution in [2.24, 2.45) is 0 Å². The molecule has 0 bridgehead atoms. The third-order valence-corrected chi connectivity index (χ3v) is 4.00. The van der Waals surface area contributed by atoms with Crippen molar-refractivity contribution in [2.75, 3.05) is 0 Å². The molecule has 1 N–H and O–H groups in total. The summed E-state index contributed by atoms with van der Waals surface area (Å²) in [6.45, 7) is 4.14. The fourth-order valence-corrected chi connectivity index (χ4v) is 2.49. The summed E-state index contributed by atoms with van der Waals surface area (Å²) in [4.78, 5) is 4.22. The molecule has 0 aliphatic heterocycles. The Balaban J connectivity index is 2.15. The number of hydrogen-bond acceptors (Lipinski definition) is 3. The molecule has 90 valence electrons. The summed E-state index contributed by atoms with van der Waals surface area (Å²) < 4.78 is 0. The first-order valence-electron chi connectivity index (χ1n) is 5.72. The van der Waals surface area contributed by atoms with Gasteiger partial charge < -0.3 is 5.11 Å². The van der Waals surface area contributed by atoms with E-state index >= 15 is 0 Å². The molecule has 0 saturated heterocycles. The number of aromatic nitrogens is 1. The number of aliphatic hydroxyl groups excluding tert-OH is 1. The minimum Gasteiger partial charge on any atom is -0.392 e. The van der Waals surface area contributed by atoms with E-state index in [2.05, 4.69) is 31.0 Å². The highest BCUT2D eigenvalue weighted by molar-refractivity contribution is 7.09. The fourth-order valence-electron chi connectivity index (χ4n) is 1.83. The second-order valence-electron chi connectivity index (χ2n) is 4.73. The molecule has 1 aromatic heterocycles. The molecule has 2 rings (SSSR count). The van der Waals surface area contributed by atoms with E-state index in [0.29, 0.717) is 6.42 Å². The molecule has 1 atom stereocenters. The van der Waals surface area contributed by atoms with E-state index in [4.69, 9.17) is 0 Å². The molecule has 0 radical (unpaired) electrons. The van der Waals surface area contributed by atoms with Crippen molar-refractivity contribution in [3.63, 3.8) is 0 Å². The summed E-state index contributed by atoms with van der Waals surface area (Å²) in [5.41, 5.74) is 0.900. The van der Waals surface area contributed by atoms with Crippen LogP contribution < -0.4 is 0 Å². The standard InChI is InChI=1S/C14H17NOS/c1-14(2,11-6-4-3-5-7-11)12(16)10-13-15-8-9-17-13/h3-9,12,16H,10H2,1-2H3. The number of nitrogens with zero attached hydrogens (tertiary/aromatic N) is 1. The smallest absolute Gasteiger partial charge is 0.0950 e. The van der Waals surface area contributed by atoms with E-state index in [1.165, 1.54) is 0 Å². The van der Waals surface area contributed by atoms with Gasteiger partial charge >= 0.3 is 0 Å². The van der Waals surface area contributed by atoms with Gasteiger partial charge in [-0.3, -0.25) is 0 Å². The maximum absolute atomic E-state index is 10.4. The topological polar surface area (TPSA) is 33.1 Å². The molecule has 0 saturated carbocycles. The Morgan fingerprint density at radius 3 is 2.59 bits per heavy atom. The van der Waals surface area contributed by atoms with Gasteiger partial charge in [0.15, 0.2) is 0 Å². The van der Waals surface area contributed by atoms with Crippen LogP contribution in [-0.4, -0.2) is 16.2 Å². The summed E-state index contributed by atoms with van der Waals surface area (Å²) in [6.07, 6.45) is 1.97. The first-order valence-corrected chi connectivity index (χ1v) is 6.60. The lowest BCUT2D eigenvalue weighted by Gasteiger charge is -2.30. The highest BCUT2D eigenvalue weighted by atomic mass is 32.1. The van der Waals surface area contributed by atoms with Crippen LogP contribution in [0.3, 0.4) is 0 Å². The van der Waals surface area contributed by atoms with Crippen LogP contribution >= 0.6 is 11.3 Å². The van der Waals surface area contributed by atoms with Crippen LogP contribution in [0.5, 0.6) is 0 Å². The summed E-state index contributed by atoms with van der Waals surface area (Å²) in [5.74, 6) is 0. The van der Waals surface area contributed by atoms with Gasteiger partial charge in [-0.2, -0.15) is 0 Å². The maximum atomic E-state index is 10.4. The Kier molecular flexibility index (Phi) is 3.60. The summed E-state index contributed by atoms with van der Waals surface area (Å²) in [6, 6.07) is 10.1. The van der Waals surface area contributed by atoms with Gasteiger partial charge in [-0.25, -0.2) is 4.98 Å². The average molecular weight is 247 g/mol. The molecule has 0 amide bonds. The van der Waals surface area contributed by atoms with Crippen LogP contribution in [0.15, 0.2) is 41.9 Å². The summed E-state index contributed by atoms with van der Waals surface area (Å²) in [5, 5.41) is 13.3. The molecule has 1 heterocycles. The van der Waals surface area contributed by atoms with Gasteiger partial charge in [0.05, 0.1) is 11.1 Å². The predicted octanol–water partition coefficient (Wildman–Crippen LogP) is 3.02. The van der Waals surface area contributed by atoms with Crippen LogP contribution in [0.25, 0.3) is 0 Å². The van der Waals surface area contributed by atoms with Crippen molar-refractivity contribution >= 4 is 11.3 Å². The zero-order chi connectivity index (χ0) is 12.3. The first-order chi connectivity index (χ1) is 8.10. The lowest BCUT2D eigenvalue weighted by molar-refractivity contribution is 0.0999. The summed E-state index contributed by atoms with van der Waals surface area (Å²) in [7, 11) is 0. The molecule has 17 heavy (non-hydrogen) atoms. The lowest BCUT2D eigenvalue weighted by atomic mass is 9.78. The van der Waals surface area contributed by atoms with Crippen LogP contribution in [0.4, 0.5) is 0 Å². The Bertz CT molecular complexity index is 450. The monoisotopic (exact) mass is 247 g/mol. The number of aliphatic hydroxyl groups is 1. The number of hydrogen-bond donors (Lipinski definition) is 1. The van der Waals surface area contributed by atoms with Crippen molar-refractivity contribution in [3.8, 4) is 0 Å². The quantitative estimate of drug-likeness (QED) is 0.901. The summed E-state index contributed by atoms with van der Waals surface area (Å²) >= 11 is 1.59. The normalized spacial score (nSPS) is 13.6. The van der Waals surface area contributed by atoms with Gasteiger partial charge in [-0.05, 0) is 5.56 Å². The highest BCUT2D eigenvalue weighted by Gasteiger charge is 2.30. The van der Waals surface area contributed by atoms with Gasteiger partial charge in [-0.1, -0.05) is 44.2 Å². The Labute approximate surface area is 106 Å². The second-order valence-corrected chi connectivity index (χ2v) is 5.71. The zero-order valence-electron chi connectivity index (χ0n) is 10.1. The van der Waals surface area contributed by atoms with Gasteiger partial charge in [0.25, 0.3) is 0 Å². The van der Waals surface area contributed by atoms with Crippen LogP contribution in [0.1, 0.15) is 24.4 Å². The van der Waals surface area contributed by atoms with Crippen LogP contribution in [0, 0.1) is 0 Å². The number of thiazole rings is 1. The van der Waals surface area contributed by atoms with E-state index in [1.807, 2.05) is 23.6 Å². The largest absolute Gasteiger partial charge is 0.392 e. The molecular weight excluding hydrogens is 230 g/mol. The van der Waals surface area contributed by atoms with Gasteiger partial charge in [-0.15, -0.1) is 11.3 Å². The van der Waals surface area contributed by atoms with Gasteiger partial charge in [0.1, 0.15) is 0 Å². The molecule has 3 heteroatoms. The van der Waals surface area contributed by atoms with E-state index < -0.39 is 6.10 Å². The van der Waals surface area contributed by atoms with Crippen LogP contribution in [-0.2, 0) is 11.8 Å². The Morgan fingerprint density at radius 2 is 2.00 bits per heavy atom. The maximum Gasteiger partial charge on any atom is 0.0950 e. The van der Waals surface area contributed by atoms with Crippen molar-refractivity contribution in [1.82, 2.24) is 4.98 Å². The average Bonchev–Trinajstić information content (AvgIpc) is 2.83. The third-order valence-electron chi connectivity index (χ3n) is 3.20. The molecule has 0 fully saturated rings. The van der Waals surface area contributed by atoms with Gasteiger partial charge in [0.2, 0.25) is 0 Å². The minimum atomic E-state index is -0.420. The van der Waals surface area contributed by atoms with E-state index in [9.17, 15) is 5.11 Å². The number of benzene rings is 1. The van der Waals surface area contributed by atoms with Crippen LogP contribution in [0.2, 0.25) is 0 Å². The molecule has 1 aromatic carbocycles. The second kappa shape index (κ2) is 4.98. The molecule has 0 aliphatic carbocycles.